The summed E-state index contributed by atoms with van der Waals surface area (Å²) in [6.07, 6.45) is 3.75. The molecular weight excluding hydrogens is 216 g/mol. The Morgan fingerprint density at radius 3 is 3.12 bits per heavy atom. The number of carbonyl (C=O) groups excluding carboxylic acids is 1. The lowest BCUT2D eigenvalue weighted by Gasteiger charge is -2.15. The SMILES string of the molecule is CCCc1nnc2n1C(=O)Cc1ncccc1-2. The van der Waals surface area contributed by atoms with Gasteiger partial charge in [-0.2, -0.15) is 0 Å². The molecule has 0 aliphatic carbocycles. The van der Waals surface area contributed by atoms with Gasteiger partial charge in [0.15, 0.2) is 5.82 Å². The molecule has 86 valence electrons. The fraction of sp³-hybridized carbons (Fsp3) is 0.333. The standard InChI is InChI=1S/C12H12N4O/c1-2-4-10-14-15-12-8-5-3-6-13-9(8)7-11(17)16(10)12/h3,5-6H,2,4,7H2,1H3. The molecule has 0 fully saturated rings. The molecule has 0 spiro atoms. The molecule has 3 heterocycles. The third-order valence-electron chi connectivity index (χ3n) is 2.90. The molecule has 0 atom stereocenters. The number of aryl methyl sites for hydroxylation is 1. The second-order valence-electron chi connectivity index (χ2n) is 4.09. The van der Waals surface area contributed by atoms with Gasteiger partial charge in [-0.05, 0) is 18.6 Å². The quantitative estimate of drug-likeness (QED) is 0.781. The topological polar surface area (TPSA) is 60.7 Å². The van der Waals surface area contributed by atoms with Crippen LogP contribution in [0.15, 0.2) is 18.3 Å². The van der Waals surface area contributed by atoms with E-state index in [-0.39, 0.29) is 5.91 Å². The second kappa shape index (κ2) is 3.76. The second-order valence-corrected chi connectivity index (χ2v) is 4.09. The lowest BCUT2D eigenvalue weighted by Crippen LogP contribution is -2.23. The molecule has 0 saturated carbocycles. The molecule has 17 heavy (non-hydrogen) atoms. The Morgan fingerprint density at radius 2 is 2.29 bits per heavy atom. The molecule has 3 rings (SSSR count). The third-order valence-corrected chi connectivity index (χ3v) is 2.90. The summed E-state index contributed by atoms with van der Waals surface area (Å²) in [6.45, 7) is 2.06. The zero-order valence-corrected chi connectivity index (χ0v) is 9.55. The molecule has 0 bridgehead atoms. The van der Waals surface area contributed by atoms with Gasteiger partial charge in [0.2, 0.25) is 5.91 Å². The van der Waals surface area contributed by atoms with Crippen molar-refractivity contribution in [2.45, 2.75) is 26.2 Å². The van der Waals surface area contributed by atoms with Crippen molar-refractivity contribution in [2.24, 2.45) is 0 Å². The Hall–Kier alpha value is -2.04. The molecule has 0 saturated heterocycles. The van der Waals surface area contributed by atoms with Gasteiger partial charge in [0, 0.05) is 18.2 Å². The van der Waals surface area contributed by atoms with Gasteiger partial charge >= 0.3 is 0 Å². The predicted molar refractivity (Wildman–Crippen MR) is 61.6 cm³/mol. The van der Waals surface area contributed by atoms with E-state index < -0.39 is 0 Å². The number of pyridine rings is 1. The predicted octanol–water partition coefficient (Wildman–Crippen LogP) is 1.49. The summed E-state index contributed by atoms with van der Waals surface area (Å²) in [5, 5.41) is 8.22. The summed E-state index contributed by atoms with van der Waals surface area (Å²) < 4.78 is 1.63. The molecule has 0 radical (unpaired) electrons. The maximum absolute atomic E-state index is 12.0. The van der Waals surface area contributed by atoms with E-state index in [1.54, 1.807) is 10.8 Å². The first-order chi connectivity index (χ1) is 8.31. The van der Waals surface area contributed by atoms with Crippen LogP contribution < -0.4 is 0 Å². The van der Waals surface area contributed by atoms with Gasteiger partial charge in [0.25, 0.3) is 0 Å². The van der Waals surface area contributed by atoms with Crippen molar-refractivity contribution in [2.75, 3.05) is 0 Å². The van der Waals surface area contributed by atoms with E-state index >= 15 is 0 Å². The van der Waals surface area contributed by atoms with Crippen LogP contribution in [0.1, 0.15) is 29.7 Å². The number of carbonyl (C=O) groups is 1. The average Bonchev–Trinajstić information content (AvgIpc) is 2.75. The zero-order valence-electron chi connectivity index (χ0n) is 9.55. The zero-order chi connectivity index (χ0) is 11.8. The van der Waals surface area contributed by atoms with Crippen LogP contribution in [0.3, 0.4) is 0 Å². The van der Waals surface area contributed by atoms with Crippen molar-refractivity contribution < 1.29 is 4.79 Å². The smallest absolute Gasteiger partial charge is 0.239 e. The number of hydrogen-bond donors (Lipinski definition) is 0. The lowest BCUT2D eigenvalue weighted by molar-refractivity contribution is 0.0907. The molecule has 0 N–H and O–H groups in total. The Labute approximate surface area is 98.5 Å². The summed E-state index contributed by atoms with van der Waals surface area (Å²) in [6, 6.07) is 3.79. The third kappa shape index (κ3) is 1.46. The fourth-order valence-corrected chi connectivity index (χ4v) is 2.14. The summed E-state index contributed by atoms with van der Waals surface area (Å²) in [5.41, 5.74) is 1.71. The molecule has 1 aliphatic heterocycles. The average molecular weight is 228 g/mol. The Balaban J connectivity index is 2.20. The first-order valence-electron chi connectivity index (χ1n) is 5.73. The molecule has 2 aromatic rings. The Morgan fingerprint density at radius 1 is 1.41 bits per heavy atom. The van der Waals surface area contributed by atoms with Gasteiger partial charge in [-0.25, -0.2) is 4.57 Å². The maximum atomic E-state index is 12.0. The van der Waals surface area contributed by atoms with Gasteiger partial charge in [-0.1, -0.05) is 6.92 Å². The van der Waals surface area contributed by atoms with Gasteiger partial charge in [0.1, 0.15) is 5.82 Å². The van der Waals surface area contributed by atoms with Crippen molar-refractivity contribution in [3.63, 3.8) is 0 Å². The minimum atomic E-state index is 0.0136. The highest BCUT2D eigenvalue weighted by Gasteiger charge is 2.27. The molecule has 2 aromatic heterocycles. The van der Waals surface area contributed by atoms with E-state index in [2.05, 4.69) is 22.1 Å². The van der Waals surface area contributed by atoms with Gasteiger partial charge in [-0.3, -0.25) is 9.78 Å². The Kier molecular flexibility index (Phi) is 2.24. The minimum absolute atomic E-state index is 0.0136. The van der Waals surface area contributed by atoms with E-state index in [9.17, 15) is 4.79 Å². The van der Waals surface area contributed by atoms with Crippen molar-refractivity contribution >= 4 is 5.91 Å². The number of aromatic nitrogens is 4. The van der Waals surface area contributed by atoms with Crippen LogP contribution in [0.5, 0.6) is 0 Å². The summed E-state index contributed by atoms with van der Waals surface area (Å²) in [7, 11) is 0. The van der Waals surface area contributed by atoms with Crippen LogP contribution >= 0.6 is 0 Å². The molecule has 0 unspecified atom stereocenters. The van der Waals surface area contributed by atoms with Crippen LogP contribution in [0.4, 0.5) is 0 Å². The summed E-state index contributed by atoms with van der Waals surface area (Å²) >= 11 is 0. The van der Waals surface area contributed by atoms with E-state index in [1.807, 2.05) is 12.1 Å². The number of fused-ring (bicyclic) bond motifs is 3. The molecular formula is C12H12N4O. The van der Waals surface area contributed by atoms with Crippen molar-refractivity contribution in [3.8, 4) is 11.4 Å². The van der Waals surface area contributed by atoms with Gasteiger partial charge in [-0.15, -0.1) is 10.2 Å². The van der Waals surface area contributed by atoms with Crippen LogP contribution in [-0.2, 0) is 12.8 Å². The van der Waals surface area contributed by atoms with Crippen LogP contribution in [0.25, 0.3) is 11.4 Å². The summed E-state index contributed by atoms with van der Waals surface area (Å²) in [5.74, 6) is 1.40. The highest BCUT2D eigenvalue weighted by molar-refractivity contribution is 5.90. The highest BCUT2D eigenvalue weighted by Crippen LogP contribution is 2.26. The van der Waals surface area contributed by atoms with Crippen LogP contribution in [0.2, 0.25) is 0 Å². The summed E-state index contributed by atoms with van der Waals surface area (Å²) in [4.78, 5) is 16.3. The largest absolute Gasteiger partial charge is 0.274 e. The number of rotatable bonds is 2. The number of hydrogen-bond acceptors (Lipinski definition) is 4. The minimum Gasteiger partial charge on any atom is -0.274 e. The highest BCUT2D eigenvalue weighted by atomic mass is 16.2. The van der Waals surface area contributed by atoms with E-state index in [0.29, 0.717) is 12.2 Å². The van der Waals surface area contributed by atoms with E-state index in [0.717, 1.165) is 29.9 Å². The molecule has 5 heteroatoms. The lowest BCUT2D eigenvalue weighted by atomic mass is 10.1. The Bertz CT molecular complexity index is 588. The van der Waals surface area contributed by atoms with E-state index in [4.69, 9.17) is 0 Å². The van der Waals surface area contributed by atoms with Crippen molar-refractivity contribution in [1.29, 1.82) is 0 Å². The monoisotopic (exact) mass is 228 g/mol. The van der Waals surface area contributed by atoms with Gasteiger partial charge in [0.05, 0.1) is 12.1 Å². The van der Waals surface area contributed by atoms with Crippen molar-refractivity contribution in [3.05, 3.63) is 29.8 Å². The molecule has 1 aliphatic rings. The molecule has 0 aromatic carbocycles. The van der Waals surface area contributed by atoms with Crippen LogP contribution in [0, 0.1) is 0 Å². The van der Waals surface area contributed by atoms with E-state index in [1.165, 1.54) is 0 Å². The first kappa shape index (κ1) is 10.1. The molecule has 0 amide bonds. The molecule has 5 nitrogen and oxygen atoms in total. The first-order valence-corrected chi connectivity index (χ1v) is 5.73. The normalized spacial score (nSPS) is 13.4. The van der Waals surface area contributed by atoms with Gasteiger partial charge < -0.3 is 0 Å². The van der Waals surface area contributed by atoms with Crippen LogP contribution in [-0.4, -0.2) is 25.7 Å². The fourth-order valence-electron chi connectivity index (χ4n) is 2.14. The van der Waals surface area contributed by atoms with Crippen molar-refractivity contribution in [1.82, 2.24) is 19.7 Å². The maximum Gasteiger partial charge on any atom is 0.239 e. The number of nitrogens with zero attached hydrogens (tertiary/aromatic N) is 4.